The summed E-state index contributed by atoms with van der Waals surface area (Å²) in [5.74, 6) is 0.748. The number of piperidine rings is 1. The molecule has 0 N–H and O–H groups in total. The lowest BCUT2D eigenvalue weighted by Gasteiger charge is -2.33. The first-order valence-corrected chi connectivity index (χ1v) is 16.1. The molecular formula is C38H42N4O5. The summed E-state index contributed by atoms with van der Waals surface area (Å²) in [5.41, 5.74) is 4.56. The van der Waals surface area contributed by atoms with E-state index in [0.29, 0.717) is 24.1 Å². The first kappa shape index (κ1) is 32.1. The molecule has 5 aromatic rings. The quantitative estimate of drug-likeness (QED) is 0.164. The van der Waals surface area contributed by atoms with Crippen LogP contribution in [0.2, 0.25) is 0 Å². The molecule has 1 aliphatic rings. The van der Waals surface area contributed by atoms with E-state index in [1.165, 1.54) is 0 Å². The minimum Gasteiger partial charge on any atom is -0.473 e. The van der Waals surface area contributed by atoms with E-state index in [2.05, 4.69) is 17.0 Å². The van der Waals surface area contributed by atoms with Gasteiger partial charge in [-0.15, -0.1) is 0 Å². The van der Waals surface area contributed by atoms with E-state index in [1.807, 2.05) is 93.6 Å². The fraction of sp³-hybridized carbons (Fsp3) is 0.342. The number of imidazole rings is 1. The number of carbonyl (C=O) groups is 1. The molecule has 0 spiro atoms. The summed E-state index contributed by atoms with van der Waals surface area (Å²) in [6, 6.07) is 29.5. The van der Waals surface area contributed by atoms with E-state index in [9.17, 15) is 9.59 Å². The van der Waals surface area contributed by atoms with Crippen LogP contribution in [-0.4, -0.2) is 50.2 Å². The lowest BCUT2D eigenvalue weighted by molar-refractivity contribution is -0.156. The molecule has 9 heteroatoms. The second kappa shape index (κ2) is 13.8. The van der Waals surface area contributed by atoms with Crippen LogP contribution < -0.4 is 15.2 Å². The maximum Gasteiger partial charge on any atom is 0.333 e. The lowest BCUT2D eigenvalue weighted by atomic mass is 9.90. The molecule has 1 atom stereocenters. The van der Waals surface area contributed by atoms with Crippen molar-refractivity contribution in [1.29, 1.82) is 0 Å². The molecule has 2 aromatic heterocycles. The van der Waals surface area contributed by atoms with Crippen LogP contribution >= 0.6 is 0 Å². The Morgan fingerprint density at radius 1 is 0.872 bits per heavy atom. The molecule has 47 heavy (non-hydrogen) atoms. The number of fused-ring (bicyclic) bond motifs is 1. The predicted octanol–water partition coefficient (Wildman–Crippen LogP) is 6.40. The van der Waals surface area contributed by atoms with Crippen LogP contribution in [0.1, 0.15) is 56.2 Å². The van der Waals surface area contributed by atoms with Gasteiger partial charge in [0.25, 0.3) is 0 Å². The standard InChI is InChI=1S/C38H42N4O5/c1-38(2,3)47-35(43)24-41-21-11-16-30(23-41)29-17-18-31-33(22-29)40(4)37(44)42(31)32-19-20-34(45-25-27-12-7-5-8-13-27)39-36(32)46-26-28-14-9-6-10-15-28/h5-10,12-15,17-20,22,30H,11,16,21,23-26H2,1-4H3/t30-/m0/s1. The Morgan fingerprint density at radius 3 is 2.23 bits per heavy atom. The number of ether oxygens (including phenoxy) is 3. The van der Waals surface area contributed by atoms with Crippen molar-refractivity contribution in [3.63, 3.8) is 0 Å². The molecule has 0 saturated carbocycles. The van der Waals surface area contributed by atoms with Crippen LogP contribution in [0.15, 0.2) is 95.8 Å². The van der Waals surface area contributed by atoms with Gasteiger partial charge in [-0.25, -0.2) is 4.79 Å². The molecule has 244 valence electrons. The summed E-state index contributed by atoms with van der Waals surface area (Å²) in [6.07, 6.45) is 1.99. The molecule has 0 amide bonds. The summed E-state index contributed by atoms with van der Waals surface area (Å²) < 4.78 is 21.2. The normalized spacial score (nSPS) is 15.4. The van der Waals surface area contributed by atoms with E-state index < -0.39 is 5.60 Å². The molecule has 0 bridgehead atoms. The number of benzene rings is 3. The summed E-state index contributed by atoms with van der Waals surface area (Å²) in [7, 11) is 1.79. The van der Waals surface area contributed by atoms with E-state index in [-0.39, 0.29) is 30.7 Å². The lowest BCUT2D eigenvalue weighted by Crippen LogP contribution is -2.40. The van der Waals surface area contributed by atoms with Crippen LogP contribution in [-0.2, 0) is 29.8 Å². The number of esters is 1. The number of pyridine rings is 1. The number of hydrogen-bond acceptors (Lipinski definition) is 7. The summed E-state index contributed by atoms with van der Waals surface area (Å²) in [5, 5.41) is 0. The fourth-order valence-electron chi connectivity index (χ4n) is 6.10. The number of nitrogens with zero attached hydrogens (tertiary/aromatic N) is 4. The summed E-state index contributed by atoms with van der Waals surface area (Å²) in [6.45, 7) is 8.19. The second-order valence-electron chi connectivity index (χ2n) is 13.1. The van der Waals surface area contributed by atoms with Crippen LogP contribution in [0.4, 0.5) is 0 Å². The zero-order valence-electron chi connectivity index (χ0n) is 27.5. The van der Waals surface area contributed by atoms with E-state index >= 15 is 0 Å². The first-order valence-electron chi connectivity index (χ1n) is 16.1. The highest BCUT2D eigenvalue weighted by molar-refractivity contribution is 5.79. The topological polar surface area (TPSA) is 87.8 Å². The molecule has 1 fully saturated rings. The number of rotatable bonds is 10. The smallest absolute Gasteiger partial charge is 0.333 e. The average Bonchev–Trinajstić information content (AvgIpc) is 3.31. The first-order chi connectivity index (χ1) is 22.6. The van der Waals surface area contributed by atoms with Gasteiger partial charge < -0.3 is 14.2 Å². The summed E-state index contributed by atoms with van der Waals surface area (Å²) in [4.78, 5) is 33.2. The average molecular weight is 635 g/mol. The fourth-order valence-corrected chi connectivity index (χ4v) is 6.10. The van der Waals surface area contributed by atoms with Crippen molar-refractivity contribution < 1.29 is 19.0 Å². The highest BCUT2D eigenvalue weighted by Gasteiger charge is 2.26. The van der Waals surface area contributed by atoms with Crippen molar-refractivity contribution in [3.05, 3.63) is 118 Å². The Hall–Kier alpha value is -4.89. The van der Waals surface area contributed by atoms with Gasteiger partial charge in [0.2, 0.25) is 11.8 Å². The van der Waals surface area contributed by atoms with E-state index in [1.54, 1.807) is 22.2 Å². The molecule has 9 nitrogen and oxygen atoms in total. The van der Waals surface area contributed by atoms with Gasteiger partial charge in [-0.1, -0.05) is 66.7 Å². The van der Waals surface area contributed by atoms with Gasteiger partial charge in [-0.3, -0.25) is 18.8 Å². The van der Waals surface area contributed by atoms with Crippen molar-refractivity contribution in [3.8, 4) is 17.4 Å². The van der Waals surface area contributed by atoms with Crippen molar-refractivity contribution >= 4 is 17.0 Å². The maximum absolute atomic E-state index is 13.8. The second-order valence-corrected chi connectivity index (χ2v) is 13.1. The number of aryl methyl sites for hydroxylation is 1. The third kappa shape index (κ3) is 7.74. The third-order valence-corrected chi connectivity index (χ3v) is 8.33. The SMILES string of the molecule is Cn1c(=O)n(-c2ccc(OCc3ccccc3)nc2OCc2ccccc2)c2ccc([C@H]3CCCN(CC(=O)OC(C)(C)C)C3)cc21. The van der Waals surface area contributed by atoms with Gasteiger partial charge in [-0.05, 0) is 81.0 Å². The van der Waals surface area contributed by atoms with Crippen molar-refractivity contribution in [2.45, 2.75) is 58.3 Å². The Bertz CT molecular complexity index is 1890. The molecule has 3 aromatic carbocycles. The van der Waals surface area contributed by atoms with Gasteiger partial charge in [0.1, 0.15) is 24.5 Å². The van der Waals surface area contributed by atoms with E-state index in [0.717, 1.165) is 53.7 Å². The number of carbonyl (C=O) groups excluding carboxylic acids is 1. The van der Waals surface area contributed by atoms with Crippen molar-refractivity contribution in [2.75, 3.05) is 19.6 Å². The Kier molecular flexibility index (Phi) is 9.45. The molecule has 0 aliphatic carbocycles. The number of likely N-dealkylation sites (tertiary alicyclic amines) is 1. The number of aromatic nitrogens is 3. The van der Waals surface area contributed by atoms with Crippen molar-refractivity contribution in [1.82, 2.24) is 19.0 Å². The van der Waals surface area contributed by atoms with Gasteiger partial charge in [0.05, 0.1) is 17.6 Å². The van der Waals surface area contributed by atoms with Crippen LogP contribution in [0.3, 0.4) is 0 Å². The van der Waals surface area contributed by atoms with E-state index in [4.69, 9.17) is 19.2 Å². The summed E-state index contributed by atoms with van der Waals surface area (Å²) >= 11 is 0. The van der Waals surface area contributed by atoms with Gasteiger partial charge >= 0.3 is 11.7 Å². The predicted molar refractivity (Wildman–Crippen MR) is 182 cm³/mol. The van der Waals surface area contributed by atoms with Crippen LogP contribution in [0.5, 0.6) is 11.8 Å². The monoisotopic (exact) mass is 634 g/mol. The zero-order chi connectivity index (χ0) is 33.0. The molecule has 3 heterocycles. The molecule has 6 rings (SSSR count). The Balaban J connectivity index is 1.29. The molecule has 1 saturated heterocycles. The van der Waals surface area contributed by atoms with Crippen LogP contribution in [0, 0.1) is 0 Å². The molecular weight excluding hydrogens is 592 g/mol. The minimum atomic E-state index is -0.507. The zero-order valence-corrected chi connectivity index (χ0v) is 27.5. The number of hydrogen-bond donors (Lipinski definition) is 0. The highest BCUT2D eigenvalue weighted by Crippen LogP contribution is 2.32. The van der Waals surface area contributed by atoms with Gasteiger partial charge in [0.15, 0.2) is 0 Å². The maximum atomic E-state index is 13.8. The van der Waals surface area contributed by atoms with Gasteiger partial charge in [0, 0.05) is 19.7 Å². The van der Waals surface area contributed by atoms with Crippen LogP contribution in [0.25, 0.3) is 16.7 Å². The van der Waals surface area contributed by atoms with Crippen molar-refractivity contribution in [2.24, 2.45) is 7.05 Å². The Morgan fingerprint density at radius 2 is 1.55 bits per heavy atom. The molecule has 1 aliphatic heterocycles. The Labute approximate surface area is 275 Å². The highest BCUT2D eigenvalue weighted by atomic mass is 16.6. The minimum absolute atomic E-state index is 0.198. The molecule has 0 radical (unpaired) electrons. The third-order valence-electron chi connectivity index (χ3n) is 8.33. The van der Waals surface area contributed by atoms with Gasteiger partial charge in [-0.2, -0.15) is 4.98 Å². The molecule has 0 unspecified atom stereocenters. The largest absolute Gasteiger partial charge is 0.473 e.